The fourth-order valence-corrected chi connectivity index (χ4v) is 3.82. The summed E-state index contributed by atoms with van der Waals surface area (Å²) in [5.74, 6) is 1.41. The molecule has 1 aliphatic carbocycles. The summed E-state index contributed by atoms with van der Waals surface area (Å²) in [6.45, 7) is 5.14. The summed E-state index contributed by atoms with van der Waals surface area (Å²) < 4.78 is 7.41. The molecule has 24 heavy (non-hydrogen) atoms. The van der Waals surface area contributed by atoms with Crippen molar-refractivity contribution in [1.29, 1.82) is 0 Å². The second-order valence-electron chi connectivity index (χ2n) is 5.91. The topological polar surface area (TPSA) is 57.0 Å². The molecule has 0 saturated heterocycles. The number of esters is 1. The van der Waals surface area contributed by atoms with Gasteiger partial charge in [-0.25, -0.2) is 0 Å². The third-order valence-corrected chi connectivity index (χ3v) is 5.22. The number of carbonyl (C=O) groups is 1. The minimum Gasteiger partial charge on any atom is -0.465 e. The maximum atomic E-state index is 12.4. The third-order valence-electron chi connectivity index (χ3n) is 4.07. The maximum absolute atomic E-state index is 12.4. The van der Waals surface area contributed by atoms with Crippen LogP contribution in [-0.4, -0.2) is 32.6 Å². The number of carbonyl (C=O) groups excluding carboxylic acids is 1. The summed E-state index contributed by atoms with van der Waals surface area (Å²) >= 11 is 1.46. The van der Waals surface area contributed by atoms with E-state index in [1.165, 1.54) is 24.6 Å². The summed E-state index contributed by atoms with van der Waals surface area (Å²) in [4.78, 5) is 12.4. The lowest BCUT2D eigenvalue weighted by Crippen LogP contribution is -2.23. The van der Waals surface area contributed by atoms with Crippen molar-refractivity contribution in [2.75, 3.05) is 6.61 Å². The van der Waals surface area contributed by atoms with Crippen molar-refractivity contribution in [1.82, 2.24) is 14.8 Å². The molecule has 128 valence electrons. The molecule has 0 radical (unpaired) electrons. The predicted octanol–water partition coefficient (Wildman–Crippen LogP) is 3.44. The lowest BCUT2D eigenvalue weighted by atomic mass is 10.1. The Hall–Kier alpha value is -1.82. The summed E-state index contributed by atoms with van der Waals surface area (Å²) in [6, 6.07) is 10.0. The van der Waals surface area contributed by atoms with Crippen molar-refractivity contribution < 1.29 is 9.53 Å². The van der Waals surface area contributed by atoms with Gasteiger partial charge in [0.05, 0.1) is 6.61 Å². The highest BCUT2D eigenvalue weighted by molar-refractivity contribution is 8.00. The minimum absolute atomic E-state index is 0.190. The van der Waals surface area contributed by atoms with Crippen LogP contribution < -0.4 is 0 Å². The van der Waals surface area contributed by atoms with E-state index in [0.717, 1.165) is 23.1 Å². The third kappa shape index (κ3) is 3.98. The number of hydrogen-bond donors (Lipinski definition) is 0. The van der Waals surface area contributed by atoms with Gasteiger partial charge in [0.15, 0.2) is 5.16 Å². The standard InChI is InChI=1S/C18H23N3O2S/c1-3-21-16(14-10-11-14)19-20-18(21)24-15(17(22)23-4-2)12-13-8-6-5-7-9-13/h5-9,14-15H,3-4,10-12H2,1-2H3. The highest BCUT2D eigenvalue weighted by Crippen LogP contribution is 2.40. The fourth-order valence-electron chi connectivity index (χ4n) is 2.69. The van der Waals surface area contributed by atoms with E-state index < -0.39 is 0 Å². The van der Waals surface area contributed by atoms with Crippen LogP contribution in [0.3, 0.4) is 0 Å². The van der Waals surface area contributed by atoms with Crippen molar-refractivity contribution in [2.24, 2.45) is 0 Å². The van der Waals surface area contributed by atoms with E-state index in [9.17, 15) is 4.79 Å². The lowest BCUT2D eigenvalue weighted by Gasteiger charge is -2.15. The van der Waals surface area contributed by atoms with Crippen LogP contribution in [0, 0.1) is 0 Å². The Labute approximate surface area is 146 Å². The molecule has 1 aromatic carbocycles. The molecule has 6 heteroatoms. The summed E-state index contributed by atoms with van der Waals surface area (Å²) in [6.07, 6.45) is 3.00. The van der Waals surface area contributed by atoms with Crippen molar-refractivity contribution >= 4 is 17.7 Å². The molecular formula is C18H23N3O2S. The van der Waals surface area contributed by atoms with E-state index >= 15 is 0 Å². The average Bonchev–Trinajstić information content (AvgIpc) is 3.36. The SMILES string of the molecule is CCOC(=O)C(Cc1ccccc1)Sc1nnc(C2CC2)n1CC. The smallest absolute Gasteiger partial charge is 0.319 e. The zero-order chi connectivity index (χ0) is 16.9. The molecule has 2 aromatic rings. The molecule has 0 spiro atoms. The first-order chi connectivity index (χ1) is 11.7. The molecule has 0 amide bonds. The highest BCUT2D eigenvalue weighted by atomic mass is 32.2. The molecular weight excluding hydrogens is 322 g/mol. The van der Waals surface area contributed by atoms with E-state index in [2.05, 4.69) is 21.7 Å². The largest absolute Gasteiger partial charge is 0.465 e. The van der Waals surface area contributed by atoms with Crippen molar-refractivity contribution in [3.8, 4) is 0 Å². The van der Waals surface area contributed by atoms with Crippen LogP contribution in [0.2, 0.25) is 0 Å². The van der Waals surface area contributed by atoms with Gasteiger partial charge in [0, 0.05) is 12.5 Å². The summed E-state index contributed by atoms with van der Waals surface area (Å²) in [5.41, 5.74) is 1.12. The van der Waals surface area contributed by atoms with Crippen LogP contribution in [0.25, 0.3) is 0 Å². The van der Waals surface area contributed by atoms with Gasteiger partial charge in [-0.2, -0.15) is 0 Å². The van der Waals surface area contributed by atoms with Gasteiger partial charge in [-0.3, -0.25) is 4.79 Å². The Bertz CT molecular complexity index is 683. The molecule has 1 aliphatic rings. The van der Waals surface area contributed by atoms with Crippen LogP contribution in [0.4, 0.5) is 0 Å². The number of hydrogen-bond acceptors (Lipinski definition) is 5. The van der Waals surface area contributed by atoms with Gasteiger partial charge >= 0.3 is 5.97 Å². The van der Waals surface area contributed by atoms with Crippen LogP contribution in [0.15, 0.2) is 35.5 Å². The summed E-state index contributed by atoms with van der Waals surface area (Å²) in [7, 11) is 0. The van der Waals surface area contributed by atoms with Crippen LogP contribution >= 0.6 is 11.8 Å². The van der Waals surface area contributed by atoms with Gasteiger partial charge in [0.25, 0.3) is 0 Å². The lowest BCUT2D eigenvalue weighted by molar-refractivity contribution is -0.142. The fraction of sp³-hybridized carbons (Fsp3) is 0.500. The maximum Gasteiger partial charge on any atom is 0.319 e. The Morgan fingerprint density at radius 1 is 1.29 bits per heavy atom. The van der Waals surface area contributed by atoms with Gasteiger partial charge in [0.1, 0.15) is 11.1 Å². The normalized spacial score (nSPS) is 15.2. The molecule has 1 fully saturated rings. The van der Waals surface area contributed by atoms with Crippen molar-refractivity contribution in [3.05, 3.63) is 41.7 Å². The number of thioether (sulfide) groups is 1. The van der Waals surface area contributed by atoms with E-state index in [0.29, 0.717) is 18.9 Å². The van der Waals surface area contributed by atoms with E-state index in [1.54, 1.807) is 0 Å². The number of nitrogens with zero attached hydrogens (tertiary/aromatic N) is 3. The van der Waals surface area contributed by atoms with Crippen LogP contribution in [0.5, 0.6) is 0 Å². The van der Waals surface area contributed by atoms with Gasteiger partial charge < -0.3 is 9.30 Å². The molecule has 0 aliphatic heterocycles. The number of ether oxygens (including phenoxy) is 1. The zero-order valence-electron chi connectivity index (χ0n) is 14.1. The van der Waals surface area contributed by atoms with Gasteiger partial charge in [0.2, 0.25) is 0 Å². The minimum atomic E-state index is -0.311. The second kappa shape index (κ2) is 7.83. The Kier molecular flexibility index (Phi) is 5.56. The highest BCUT2D eigenvalue weighted by Gasteiger charge is 2.31. The van der Waals surface area contributed by atoms with Gasteiger partial charge in [-0.15, -0.1) is 10.2 Å². The number of rotatable bonds is 8. The van der Waals surface area contributed by atoms with Crippen molar-refractivity contribution in [3.63, 3.8) is 0 Å². The van der Waals surface area contributed by atoms with E-state index in [-0.39, 0.29) is 11.2 Å². The van der Waals surface area contributed by atoms with Crippen LogP contribution in [0.1, 0.15) is 44.0 Å². The van der Waals surface area contributed by atoms with E-state index in [1.807, 2.05) is 37.3 Å². The van der Waals surface area contributed by atoms with Gasteiger partial charge in [-0.05, 0) is 38.7 Å². The first kappa shape index (κ1) is 17.0. The van der Waals surface area contributed by atoms with Crippen molar-refractivity contribution in [2.45, 2.75) is 56.0 Å². The molecule has 5 nitrogen and oxygen atoms in total. The first-order valence-electron chi connectivity index (χ1n) is 8.53. The quantitative estimate of drug-likeness (QED) is 0.542. The molecule has 0 N–H and O–H groups in total. The van der Waals surface area contributed by atoms with Crippen LogP contribution in [-0.2, 0) is 22.5 Å². The molecule has 1 atom stereocenters. The summed E-state index contributed by atoms with van der Waals surface area (Å²) in [5, 5.41) is 9.20. The molecule has 1 unspecified atom stereocenters. The molecule has 3 rings (SSSR count). The Morgan fingerprint density at radius 2 is 2.04 bits per heavy atom. The monoisotopic (exact) mass is 345 g/mol. The molecule has 1 heterocycles. The molecule has 1 saturated carbocycles. The second-order valence-corrected chi connectivity index (χ2v) is 7.08. The molecule has 0 bridgehead atoms. The Morgan fingerprint density at radius 3 is 2.67 bits per heavy atom. The Balaban J connectivity index is 1.79. The van der Waals surface area contributed by atoms with E-state index in [4.69, 9.17) is 4.74 Å². The zero-order valence-corrected chi connectivity index (χ0v) is 15.0. The number of benzene rings is 1. The van der Waals surface area contributed by atoms with Gasteiger partial charge in [-0.1, -0.05) is 42.1 Å². The number of aromatic nitrogens is 3. The first-order valence-corrected chi connectivity index (χ1v) is 9.41. The predicted molar refractivity (Wildman–Crippen MR) is 94.1 cm³/mol. The molecule has 1 aromatic heterocycles. The average molecular weight is 345 g/mol.